The smallest absolute Gasteiger partial charge is 0.387 e. The number of benzene rings is 2. The van der Waals surface area contributed by atoms with Gasteiger partial charge in [0.15, 0.2) is 0 Å². The van der Waals surface area contributed by atoms with Gasteiger partial charge in [0.2, 0.25) is 0 Å². The lowest BCUT2D eigenvalue weighted by atomic mass is 10.1. The van der Waals surface area contributed by atoms with Gasteiger partial charge in [-0.15, -0.1) is 0 Å². The summed E-state index contributed by atoms with van der Waals surface area (Å²) in [7, 11) is -3.63. The second kappa shape index (κ2) is 6.20. The molecule has 2 aromatic carbocycles. The number of hydrogen-bond acceptors (Lipinski definition) is 4. The van der Waals surface area contributed by atoms with Gasteiger partial charge in [0.1, 0.15) is 11.6 Å². The number of amidine groups is 1. The Hall–Kier alpha value is -2.48. The van der Waals surface area contributed by atoms with Crippen LogP contribution in [0.3, 0.4) is 0 Å². The number of rotatable bonds is 4. The van der Waals surface area contributed by atoms with E-state index in [2.05, 4.69) is 14.5 Å². The highest BCUT2D eigenvalue weighted by Gasteiger charge is 2.30. The van der Waals surface area contributed by atoms with Crippen LogP contribution >= 0.6 is 0 Å². The van der Waals surface area contributed by atoms with Crippen LogP contribution in [-0.4, -0.2) is 20.9 Å². The number of nitrogens with zero attached hydrogens (tertiary/aromatic N) is 1. The van der Waals surface area contributed by atoms with E-state index in [1.54, 1.807) is 30.3 Å². The van der Waals surface area contributed by atoms with Gasteiger partial charge in [0.25, 0.3) is 10.0 Å². The molecule has 1 aliphatic rings. The Bertz CT molecular complexity index is 911. The maximum Gasteiger partial charge on any atom is 0.387 e. The van der Waals surface area contributed by atoms with Crippen molar-refractivity contribution in [2.24, 2.45) is 4.99 Å². The van der Waals surface area contributed by atoms with Crippen LogP contribution in [0.15, 0.2) is 52.4 Å². The third-order valence-electron chi connectivity index (χ3n) is 3.50. The molecule has 0 amide bonds. The summed E-state index contributed by atoms with van der Waals surface area (Å²) in [4.78, 5) is 4.39. The molecule has 0 fully saturated rings. The van der Waals surface area contributed by atoms with Gasteiger partial charge < -0.3 is 4.74 Å². The molecule has 0 unspecified atom stereocenters. The molecule has 5 nitrogen and oxygen atoms in total. The van der Waals surface area contributed by atoms with Crippen LogP contribution in [0.4, 0.5) is 8.78 Å². The minimum absolute atomic E-state index is 0.00984. The average molecular weight is 352 g/mol. The molecule has 0 bridgehead atoms. The fraction of sp³-hybridized carbons (Fsp3) is 0.188. The number of aryl methyl sites for hydroxylation is 1. The number of alkyl halides is 2. The van der Waals surface area contributed by atoms with E-state index < -0.39 is 16.6 Å². The molecule has 126 valence electrons. The largest absolute Gasteiger partial charge is 0.434 e. The number of nitrogens with one attached hydrogen (secondary N) is 1. The number of fused-ring (bicyclic) bond motifs is 1. The van der Waals surface area contributed by atoms with Crippen molar-refractivity contribution in [3.63, 3.8) is 0 Å². The van der Waals surface area contributed by atoms with E-state index in [9.17, 15) is 17.2 Å². The topological polar surface area (TPSA) is 67.8 Å². The molecule has 2 aromatic rings. The van der Waals surface area contributed by atoms with Crippen LogP contribution in [0, 0.1) is 6.92 Å². The highest BCUT2D eigenvalue weighted by molar-refractivity contribution is 7.90. The summed E-state index contributed by atoms with van der Waals surface area (Å²) < 4.78 is 55.9. The van der Waals surface area contributed by atoms with E-state index in [-0.39, 0.29) is 23.0 Å². The lowest BCUT2D eigenvalue weighted by Gasteiger charge is -2.10. The number of sulfonamides is 1. The molecule has 0 aromatic heterocycles. The third kappa shape index (κ3) is 3.23. The van der Waals surface area contributed by atoms with E-state index in [1.165, 1.54) is 12.1 Å². The molecule has 3 rings (SSSR count). The van der Waals surface area contributed by atoms with Gasteiger partial charge in [-0.3, -0.25) is 9.71 Å². The molecular weight excluding hydrogens is 338 g/mol. The summed E-state index contributed by atoms with van der Waals surface area (Å²) in [5.74, 6) is 0.212. The van der Waals surface area contributed by atoms with Crippen molar-refractivity contribution in [2.45, 2.75) is 25.0 Å². The zero-order valence-corrected chi connectivity index (χ0v) is 13.5. The number of aliphatic imine (C=N–C) groups is 1. The number of hydrogen-bond donors (Lipinski definition) is 1. The first-order valence-corrected chi connectivity index (χ1v) is 8.56. The third-order valence-corrected chi connectivity index (χ3v) is 4.90. The van der Waals surface area contributed by atoms with Crippen molar-refractivity contribution in [3.05, 3.63) is 59.2 Å². The van der Waals surface area contributed by atoms with E-state index in [4.69, 9.17) is 0 Å². The van der Waals surface area contributed by atoms with Crippen LogP contribution in [0.25, 0.3) is 0 Å². The van der Waals surface area contributed by atoms with Gasteiger partial charge in [-0.2, -0.15) is 8.78 Å². The first-order chi connectivity index (χ1) is 11.4. The second-order valence-corrected chi connectivity index (χ2v) is 6.91. The normalized spacial score (nSPS) is 16.9. The maximum absolute atomic E-state index is 12.5. The van der Waals surface area contributed by atoms with Crippen LogP contribution in [-0.2, 0) is 16.6 Å². The summed E-state index contributed by atoms with van der Waals surface area (Å²) in [6.07, 6.45) is 0. The summed E-state index contributed by atoms with van der Waals surface area (Å²) >= 11 is 0. The van der Waals surface area contributed by atoms with Gasteiger partial charge in [0, 0.05) is 11.1 Å². The van der Waals surface area contributed by atoms with E-state index >= 15 is 0 Å². The fourth-order valence-electron chi connectivity index (χ4n) is 2.46. The molecule has 0 atom stereocenters. The first kappa shape index (κ1) is 16.4. The predicted octanol–water partition coefficient (Wildman–Crippen LogP) is 2.84. The van der Waals surface area contributed by atoms with Crippen LogP contribution in [0.5, 0.6) is 5.75 Å². The molecule has 1 N–H and O–H groups in total. The highest BCUT2D eigenvalue weighted by Crippen LogP contribution is 2.25. The predicted molar refractivity (Wildman–Crippen MR) is 84.8 cm³/mol. The minimum atomic E-state index is -3.63. The first-order valence-electron chi connectivity index (χ1n) is 7.08. The van der Waals surface area contributed by atoms with E-state index in [0.717, 1.165) is 5.56 Å². The summed E-state index contributed by atoms with van der Waals surface area (Å²) in [6, 6.07) is 11.2. The number of ether oxygens (including phenoxy) is 1. The molecule has 1 aliphatic heterocycles. The van der Waals surface area contributed by atoms with Gasteiger partial charge in [-0.1, -0.05) is 29.8 Å². The zero-order chi connectivity index (χ0) is 17.3. The minimum Gasteiger partial charge on any atom is -0.434 e. The summed E-state index contributed by atoms with van der Waals surface area (Å²) in [5, 5.41) is 0. The van der Waals surface area contributed by atoms with Gasteiger partial charge >= 0.3 is 6.61 Å². The van der Waals surface area contributed by atoms with E-state index in [1.807, 2.05) is 6.92 Å². The molecule has 1 heterocycles. The summed E-state index contributed by atoms with van der Waals surface area (Å²) in [6.45, 7) is -1.11. The molecule has 8 heteroatoms. The van der Waals surface area contributed by atoms with Crippen molar-refractivity contribution >= 4 is 15.9 Å². The van der Waals surface area contributed by atoms with Gasteiger partial charge in [0.05, 0.1) is 11.4 Å². The van der Waals surface area contributed by atoms with Crippen LogP contribution in [0.2, 0.25) is 0 Å². The van der Waals surface area contributed by atoms with Crippen molar-refractivity contribution < 1.29 is 21.9 Å². The Morgan fingerprint density at radius 3 is 2.71 bits per heavy atom. The SMILES string of the molecule is Cc1ccc(OC(F)F)c(CN=C2NS(=O)(=O)c3ccccc32)c1. The molecule has 0 aliphatic carbocycles. The Morgan fingerprint density at radius 2 is 1.96 bits per heavy atom. The Labute approximate surface area is 138 Å². The molecule has 0 spiro atoms. The van der Waals surface area contributed by atoms with E-state index in [0.29, 0.717) is 11.1 Å². The van der Waals surface area contributed by atoms with Crippen molar-refractivity contribution in [3.8, 4) is 5.75 Å². The zero-order valence-electron chi connectivity index (χ0n) is 12.7. The van der Waals surface area contributed by atoms with Crippen LogP contribution < -0.4 is 9.46 Å². The number of halogens is 2. The molecule has 0 radical (unpaired) electrons. The maximum atomic E-state index is 12.5. The van der Waals surface area contributed by atoms with Gasteiger partial charge in [-0.05, 0) is 25.1 Å². The van der Waals surface area contributed by atoms with Crippen LogP contribution in [0.1, 0.15) is 16.7 Å². The lowest BCUT2D eigenvalue weighted by molar-refractivity contribution is -0.0504. The Morgan fingerprint density at radius 1 is 1.21 bits per heavy atom. The highest BCUT2D eigenvalue weighted by atomic mass is 32.2. The van der Waals surface area contributed by atoms with Gasteiger partial charge in [-0.25, -0.2) is 8.42 Å². The Kier molecular flexibility index (Phi) is 4.23. The fourth-order valence-corrected chi connectivity index (χ4v) is 3.71. The monoisotopic (exact) mass is 352 g/mol. The summed E-state index contributed by atoms with van der Waals surface area (Å²) in [5.41, 5.74) is 1.77. The lowest BCUT2D eigenvalue weighted by Crippen LogP contribution is -2.22. The van der Waals surface area contributed by atoms with Crippen molar-refractivity contribution in [2.75, 3.05) is 0 Å². The quantitative estimate of drug-likeness (QED) is 0.920. The average Bonchev–Trinajstić information content (AvgIpc) is 2.79. The molecular formula is C16H14F2N2O3S. The van der Waals surface area contributed by atoms with Crippen molar-refractivity contribution in [1.29, 1.82) is 0 Å². The standard InChI is InChI=1S/C16H14F2N2O3S/c1-10-6-7-13(23-16(17)18)11(8-10)9-19-15-12-4-2-3-5-14(12)24(21,22)20-15/h2-8,16H,9H2,1H3,(H,19,20). The molecule has 0 saturated carbocycles. The molecule has 0 saturated heterocycles. The molecule has 24 heavy (non-hydrogen) atoms. The van der Waals surface area contributed by atoms with Crippen molar-refractivity contribution in [1.82, 2.24) is 4.72 Å². The second-order valence-electron chi connectivity index (χ2n) is 5.26. The Balaban J connectivity index is 1.94.